The van der Waals surface area contributed by atoms with Gasteiger partial charge >= 0.3 is 0 Å². The number of hydrogen-bond acceptors (Lipinski definition) is 4. The van der Waals surface area contributed by atoms with Crippen molar-refractivity contribution in [3.8, 4) is 0 Å². The molecule has 2 aromatic carbocycles. The highest BCUT2D eigenvalue weighted by Gasteiger charge is 2.30. The molecule has 0 aliphatic carbocycles. The van der Waals surface area contributed by atoms with Crippen LogP contribution in [0.5, 0.6) is 0 Å². The first-order valence-corrected chi connectivity index (χ1v) is 12.7. The highest BCUT2D eigenvalue weighted by atomic mass is 35.5. The van der Waals surface area contributed by atoms with Crippen molar-refractivity contribution in [2.24, 2.45) is 0 Å². The summed E-state index contributed by atoms with van der Waals surface area (Å²) in [5, 5.41) is 3.30. The highest BCUT2D eigenvalue weighted by molar-refractivity contribution is 7.89. The van der Waals surface area contributed by atoms with Crippen molar-refractivity contribution in [1.82, 2.24) is 14.5 Å². The number of nitrogens with zero attached hydrogens (tertiary/aromatic N) is 2. The van der Waals surface area contributed by atoms with Gasteiger partial charge in [0.2, 0.25) is 21.8 Å². The molecule has 0 heterocycles. The zero-order valence-electron chi connectivity index (χ0n) is 19.5. The molecule has 0 radical (unpaired) electrons. The van der Waals surface area contributed by atoms with Gasteiger partial charge in [-0.15, -0.1) is 0 Å². The lowest BCUT2D eigenvalue weighted by Gasteiger charge is -2.30. The lowest BCUT2D eigenvalue weighted by Crippen LogP contribution is -2.50. The van der Waals surface area contributed by atoms with Crippen LogP contribution in [0, 0.1) is 6.92 Å². The van der Waals surface area contributed by atoms with Crippen LogP contribution in [0.4, 0.5) is 0 Å². The van der Waals surface area contributed by atoms with Crippen LogP contribution >= 0.6 is 11.6 Å². The Morgan fingerprint density at radius 3 is 2.33 bits per heavy atom. The molecule has 7 nitrogen and oxygen atoms in total. The van der Waals surface area contributed by atoms with Crippen LogP contribution in [0.1, 0.15) is 37.8 Å². The fraction of sp³-hybridized carbons (Fsp3) is 0.417. The smallest absolute Gasteiger partial charge is 0.243 e. The van der Waals surface area contributed by atoms with Crippen molar-refractivity contribution < 1.29 is 18.0 Å². The molecule has 2 aromatic rings. The summed E-state index contributed by atoms with van der Waals surface area (Å²) in [6.07, 6.45) is 1.76. The Bertz CT molecular complexity index is 1060. The molecule has 2 rings (SSSR count). The van der Waals surface area contributed by atoms with Gasteiger partial charge in [-0.1, -0.05) is 60.8 Å². The topological polar surface area (TPSA) is 86.8 Å². The number of rotatable bonds is 11. The molecule has 1 atom stereocenters. The summed E-state index contributed by atoms with van der Waals surface area (Å²) in [5.41, 5.74) is 1.60. The lowest BCUT2D eigenvalue weighted by atomic mass is 10.1. The lowest BCUT2D eigenvalue weighted by molar-refractivity contribution is -0.140. The Morgan fingerprint density at radius 1 is 1.09 bits per heavy atom. The van der Waals surface area contributed by atoms with Gasteiger partial charge in [-0.3, -0.25) is 9.59 Å². The molecule has 0 spiro atoms. The van der Waals surface area contributed by atoms with Gasteiger partial charge in [0.25, 0.3) is 0 Å². The zero-order valence-corrected chi connectivity index (χ0v) is 21.1. The second-order valence-corrected chi connectivity index (χ2v) is 10.5. The number of aryl methyl sites for hydroxylation is 1. The minimum Gasteiger partial charge on any atom is -0.354 e. The molecule has 0 saturated heterocycles. The number of carbonyl (C=O) groups excluding carboxylic acids is 2. The predicted molar refractivity (Wildman–Crippen MR) is 130 cm³/mol. The van der Waals surface area contributed by atoms with E-state index in [1.165, 1.54) is 24.1 Å². The van der Waals surface area contributed by atoms with E-state index in [-0.39, 0.29) is 17.3 Å². The molecule has 1 N–H and O–H groups in total. The maximum Gasteiger partial charge on any atom is 0.243 e. The van der Waals surface area contributed by atoms with Crippen molar-refractivity contribution in [3.63, 3.8) is 0 Å². The predicted octanol–water partition coefficient (Wildman–Crippen LogP) is 3.60. The number of halogens is 1. The summed E-state index contributed by atoms with van der Waals surface area (Å²) < 4.78 is 26.9. The highest BCUT2D eigenvalue weighted by Crippen LogP contribution is 2.20. The van der Waals surface area contributed by atoms with Gasteiger partial charge in [0, 0.05) is 25.2 Å². The summed E-state index contributed by atoms with van der Waals surface area (Å²) in [7, 11) is -2.52. The van der Waals surface area contributed by atoms with Crippen LogP contribution in [0.3, 0.4) is 0 Å². The van der Waals surface area contributed by atoms with E-state index in [2.05, 4.69) is 5.32 Å². The summed E-state index contributed by atoms with van der Waals surface area (Å²) in [5.74, 6) is -0.792. The minimum absolute atomic E-state index is 0.0826. The first-order valence-electron chi connectivity index (χ1n) is 10.9. The zero-order chi connectivity index (χ0) is 24.6. The van der Waals surface area contributed by atoms with Crippen molar-refractivity contribution in [2.75, 3.05) is 20.1 Å². The molecular formula is C24H32ClN3O4S. The van der Waals surface area contributed by atoms with Gasteiger partial charge in [0.05, 0.1) is 11.4 Å². The average Bonchev–Trinajstić information content (AvgIpc) is 2.78. The van der Waals surface area contributed by atoms with Crippen LogP contribution in [0.25, 0.3) is 0 Å². The third-order valence-corrected chi connectivity index (χ3v) is 7.57. The Labute approximate surface area is 201 Å². The monoisotopic (exact) mass is 493 g/mol. The third-order valence-electron chi connectivity index (χ3n) is 5.38. The molecule has 2 amide bonds. The quantitative estimate of drug-likeness (QED) is 0.484. The van der Waals surface area contributed by atoms with E-state index >= 15 is 0 Å². The molecule has 0 unspecified atom stereocenters. The van der Waals surface area contributed by atoms with Crippen molar-refractivity contribution >= 4 is 33.4 Å². The standard InChI is InChI=1S/C24H32ClN3O4S/c1-5-6-15-26-24(30)19(3)28(16-20-9-7-8-10-22(20)25)23(29)17-27(4)33(31,32)21-13-11-18(2)12-14-21/h7-14,19H,5-6,15-17H2,1-4H3,(H,26,30)/t19-/m1/s1. The van der Waals surface area contributed by atoms with E-state index in [0.717, 1.165) is 22.7 Å². The van der Waals surface area contributed by atoms with Crippen LogP contribution in [0.2, 0.25) is 5.02 Å². The first kappa shape index (κ1) is 26.8. The number of unbranched alkanes of at least 4 members (excludes halogenated alkanes) is 1. The number of hydrogen-bond donors (Lipinski definition) is 1. The maximum atomic E-state index is 13.3. The number of sulfonamides is 1. The molecule has 0 saturated carbocycles. The minimum atomic E-state index is -3.87. The second-order valence-electron chi connectivity index (χ2n) is 8.01. The molecule has 0 aromatic heterocycles. The summed E-state index contributed by atoms with van der Waals surface area (Å²) >= 11 is 6.29. The fourth-order valence-corrected chi connectivity index (χ4v) is 4.50. The van der Waals surface area contributed by atoms with Crippen molar-refractivity contribution in [2.45, 2.75) is 51.1 Å². The average molecular weight is 494 g/mol. The van der Waals surface area contributed by atoms with E-state index in [0.29, 0.717) is 17.1 Å². The van der Waals surface area contributed by atoms with Gasteiger partial charge < -0.3 is 10.2 Å². The van der Waals surface area contributed by atoms with Crippen molar-refractivity contribution in [1.29, 1.82) is 0 Å². The molecule has 9 heteroatoms. The molecule has 0 aliphatic rings. The second kappa shape index (κ2) is 12.2. The van der Waals surface area contributed by atoms with Gasteiger partial charge in [-0.05, 0) is 44.0 Å². The van der Waals surface area contributed by atoms with Crippen LogP contribution < -0.4 is 5.32 Å². The number of likely N-dealkylation sites (N-methyl/N-ethyl adjacent to an activating group) is 1. The molecular weight excluding hydrogens is 462 g/mol. The fourth-order valence-electron chi connectivity index (χ4n) is 3.19. The normalized spacial score (nSPS) is 12.4. The van der Waals surface area contributed by atoms with Crippen LogP contribution in [-0.4, -0.2) is 55.6 Å². The van der Waals surface area contributed by atoms with Gasteiger partial charge in [0.1, 0.15) is 6.04 Å². The Hall–Kier alpha value is -2.42. The van der Waals surface area contributed by atoms with Crippen molar-refractivity contribution in [3.05, 3.63) is 64.7 Å². The summed E-state index contributed by atoms with van der Waals surface area (Å²) in [6.45, 7) is 5.70. The number of benzene rings is 2. The Morgan fingerprint density at radius 2 is 1.73 bits per heavy atom. The van der Waals surface area contributed by atoms with Gasteiger partial charge in [-0.2, -0.15) is 4.31 Å². The summed E-state index contributed by atoms with van der Waals surface area (Å²) in [6, 6.07) is 12.7. The Balaban J connectivity index is 2.25. The molecule has 0 bridgehead atoms. The van der Waals surface area contributed by atoms with E-state index < -0.39 is 28.5 Å². The molecule has 33 heavy (non-hydrogen) atoms. The Kier molecular flexibility index (Phi) is 9.88. The van der Waals surface area contributed by atoms with E-state index in [9.17, 15) is 18.0 Å². The molecule has 0 fully saturated rings. The van der Waals surface area contributed by atoms with Gasteiger partial charge in [-0.25, -0.2) is 8.42 Å². The van der Waals surface area contributed by atoms with Crippen LogP contribution in [0.15, 0.2) is 53.4 Å². The number of amides is 2. The largest absolute Gasteiger partial charge is 0.354 e. The van der Waals surface area contributed by atoms with E-state index in [1.54, 1.807) is 43.3 Å². The number of carbonyl (C=O) groups is 2. The maximum absolute atomic E-state index is 13.3. The van der Waals surface area contributed by atoms with E-state index in [1.807, 2.05) is 13.8 Å². The summed E-state index contributed by atoms with van der Waals surface area (Å²) in [4.78, 5) is 27.4. The first-order chi connectivity index (χ1) is 15.6. The van der Waals surface area contributed by atoms with Gasteiger partial charge in [0.15, 0.2) is 0 Å². The van der Waals surface area contributed by atoms with Crippen LogP contribution in [-0.2, 0) is 26.2 Å². The SMILES string of the molecule is CCCCNC(=O)[C@@H](C)N(Cc1ccccc1Cl)C(=O)CN(C)S(=O)(=O)c1ccc(C)cc1. The third kappa shape index (κ3) is 7.28. The molecule has 0 aliphatic heterocycles. The molecule has 180 valence electrons. The van der Waals surface area contributed by atoms with E-state index in [4.69, 9.17) is 11.6 Å². The number of nitrogens with one attached hydrogen (secondary N) is 1.